The van der Waals surface area contributed by atoms with Crippen LogP contribution in [-0.4, -0.2) is 13.2 Å². The van der Waals surface area contributed by atoms with Gasteiger partial charge in [0.15, 0.2) is 11.5 Å². The van der Waals surface area contributed by atoms with Gasteiger partial charge in [0.1, 0.15) is 12.4 Å². The lowest BCUT2D eigenvalue weighted by atomic mass is 10.1. The summed E-state index contributed by atoms with van der Waals surface area (Å²) >= 11 is 0. The van der Waals surface area contributed by atoms with Crippen LogP contribution in [0.4, 0.5) is 4.39 Å². The van der Waals surface area contributed by atoms with Gasteiger partial charge in [-0.05, 0) is 32.0 Å². The Morgan fingerprint density at radius 1 is 0.885 bits per heavy atom. The quantitative estimate of drug-likeness (QED) is 0.510. The molecular weight excluding hydrogens is 329 g/mol. The Kier molecular flexibility index (Phi) is 8.98. The average molecular weight is 359 g/mol. The van der Waals surface area contributed by atoms with Crippen molar-refractivity contribution in [2.45, 2.75) is 52.7 Å². The zero-order valence-electron chi connectivity index (χ0n) is 15.9. The smallest absolute Gasteiger partial charge is 0.166 e. The van der Waals surface area contributed by atoms with Crippen LogP contribution in [0.15, 0.2) is 42.5 Å². The fourth-order valence-electron chi connectivity index (χ4n) is 2.80. The van der Waals surface area contributed by atoms with Crippen LogP contribution in [0.2, 0.25) is 0 Å². The molecule has 2 rings (SSSR count). The molecule has 0 saturated heterocycles. The maximum Gasteiger partial charge on any atom is 0.166 e. The van der Waals surface area contributed by atoms with Crippen LogP contribution in [0.3, 0.4) is 0 Å². The molecular formula is C22H30FNO2. The monoisotopic (exact) mass is 359 g/mol. The fraction of sp³-hybridized carbons (Fsp3) is 0.455. The number of hydrogen-bond donors (Lipinski definition) is 1. The van der Waals surface area contributed by atoms with Crippen LogP contribution in [0, 0.1) is 5.82 Å². The molecule has 142 valence electrons. The van der Waals surface area contributed by atoms with Gasteiger partial charge in [0.05, 0.1) is 6.61 Å². The molecule has 2 aromatic carbocycles. The Labute approximate surface area is 156 Å². The summed E-state index contributed by atoms with van der Waals surface area (Å²) in [4.78, 5) is 0. The van der Waals surface area contributed by atoms with Gasteiger partial charge in [0, 0.05) is 17.7 Å². The Balaban J connectivity index is 2.02. The van der Waals surface area contributed by atoms with E-state index in [1.54, 1.807) is 12.1 Å². The second-order valence-electron chi connectivity index (χ2n) is 6.29. The lowest BCUT2D eigenvalue weighted by molar-refractivity contribution is 0.262. The normalized spacial score (nSPS) is 10.7. The second kappa shape index (κ2) is 11.5. The van der Waals surface area contributed by atoms with Crippen molar-refractivity contribution in [3.05, 3.63) is 59.4 Å². The molecule has 0 heterocycles. The molecule has 0 spiro atoms. The van der Waals surface area contributed by atoms with Gasteiger partial charge in [-0.2, -0.15) is 0 Å². The first-order chi connectivity index (χ1) is 12.8. The molecule has 0 aliphatic carbocycles. The number of nitrogens with one attached hydrogen (secondary N) is 1. The molecule has 0 aromatic heterocycles. The van der Waals surface area contributed by atoms with Gasteiger partial charge in [0.2, 0.25) is 0 Å². The molecule has 0 saturated carbocycles. The Morgan fingerprint density at radius 2 is 1.69 bits per heavy atom. The molecule has 1 N–H and O–H groups in total. The number of rotatable bonds is 12. The van der Waals surface area contributed by atoms with Crippen molar-refractivity contribution >= 4 is 0 Å². The standard InChI is InChI=1S/C22H30FNO2/c1-3-5-6-9-15-24-16-18-12-10-14-21(25-4-2)22(18)26-17-19-11-7-8-13-20(19)23/h7-8,10-14,24H,3-6,9,15-17H2,1-2H3. The van der Waals surface area contributed by atoms with Crippen LogP contribution in [0.5, 0.6) is 11.5 Å². The van der Waals surface area contributed by atoms with E-state index in [0.717, 1.165) is 12.1 Å². The third kappa shape index (κ3) is 6.34. The minimum absolute atomic E-state index is 0.181. The van der Waals surface area contributed by atoms with Crippen molar-refractivity contribution in [1.29, 1.82) is 0 Å². The summed E-state index contributed by atoms with van der Waals surface area (Å²) in [6, 6.07) is 12.6. The van der Waals surface area contributed by atoms with Crippen molar-refractivity contribution in [2.24, 2.45) is 0 Å². The first kappa shape index (κ1) is 20.2. The van der Waals surface area contributed by atoms with E-state index in [1.807, 2.05) is 31.2 Å². The Bertz CT molecular complexity index is 660. The highest BCUT2D eigenvalue weighted by molar-refractivity contribution is 5.46. The van der Waals surface area contributed by atoms with Crippen LogP contribution in [0.1, 0.15) is 50.7 Å². The molecule has 26 heavy (non-hydrogen) atoms. The van der Waals surface area contributed by atoms with Gasteiger partial charge >= 0.3 is 0 Å². The van der Waals surface area contributed by atoms with E-state index < -0.39 is 0 Å². The molecule has 2 aromatic rings. The summed E-state index contributed by atoms with van der Waals surface area (Å²) in [7, 11) is 0. The largest absolute Gasteiger partial charge is 0.490 e. The number of ether oxygens (including phenoxy) is 2. The topological polar surface area (TPSA) is 30.5 Å². The van der Waals surface area contributed by atoms with Crippen molar-refractivity contribution in [3.63, 3.8) is 0 Å². The molecule has 3 nitrogen and oxygen atoms in total. The van der Waals surface area contributed by atoms with Crippen LogP contribution in [0.25, 0.3) is 0 Å². The van der Waals surface area contributed by atoms with Crippen molar-refractivity contribution in [2.75, 3.05) is 13.2 Å². The summed E-state index contributed by atoms with van der Waals surface area (Å²) in [6.07, 6.45) is 4.94. The van der Waals surface area contributed by atoms with E-state index in [2.05, 4.69) is 12.2 Å². The number of unbranched alkanes of at least 4 members (excludes halogenated alkanes) is 3. The molecule has 0 aliphatic rings. The third-order valence-electron chi connectivity index (χ3n) is 4.21. The lowest BCUT2D eigenvalue weighted by Crippen LogP contribution is -2.16. The van der Waals surface area contributed by atoms with Gasteiger partial charge in [-0.1, -0.05) is 56.5 Å². The number of hydrogen-bond acceptors (Lipinski definition) is 3. The number of halogens is 1. The summed E-state index contributed by atoms with van der Waals surface area (Å²) in [5, 5.41) is 3.47. The van der Waals surface area contributed by atoms with Gasteiger partial charge in [-0.25, -0.2) is 4.39 Å². The van der Waals surface area contributed by atoms with Gasteiger partial charge in [0.25, 0.3) is 0 Å². The number of para-hydroxylation sites is 1. The summed E-state index contributed by atoms with van der Waals surface area (Å²) in [5.74, 6) is 1.14. The zero-order valence-corrected chi connectivity index (χ0v) is 15.9. The lowest BCUT2D eigenvalue weighted by Gasteiger charge is -2.17. The molecule has 0 fully saturated rings. The Hall–Kier alpha value is -2.07. The van der Waals surface area contributed by atoms with E-state index in [0.29, 0.717) is 30.2 Å². The van der Waals surface area contributed by atoms with E-state index in [-0.39, 0.29) is 12.4 Å². The second-order valence-corrected chi connectivity index (χ2v) is 6.29. The summed E-state index contributed by atoms with van der Waals surface area (Å²) < 4.78 is 25.6. The first-order valence-corrected chi connectivity index (χ1v) is 9.57. The maximum absolute atomic E-state index is 13.9. The maximum atomic E-state index is 13.9. The first-order valence-electron chi connectivity index (χ1n) is 9.57. The van der Waals surface area contributed by atoms with Crippen LogP contribution in [-0.2, 0) is 13.2 Å². The molecule has 0 atom stereocenters. The molecule has 4 heteroatoms. The van der Waals surface area contributed by atoms with E-state index in [1.165, 1.54) is 31.7 Å². The Morgan fingerprint density at radius 3 is 2.46 bits per heavy atom. The third-order valence-corrected chi connectivity index (χ3v) is 4.21. The van der Waals surface area contributed by atoms with Crippen LogP contribution >= 0.6 is 0 Å². The molecule has 0 bridgehead atoms. The summed E-state index contributed by atoms with van der Waals surface area (Å²) in [6.45, 7) is 6.58. The highest BCUT2D eigenvalue weighted by Crippen LogP contribution is 2.32. The van der Waals surface area contributed by atoms with Gasteiger partial charge in [-0.15, -0.1) is 0 Å². The summed E-state index contributed by atoms with van der Waals surface area (Å²) in [5.41, 5.74) is 1.57. The average Bonchev–Trinajstić information content (AvgIpc) is 2.65. The predicted molar refractivity (Wildman–Crippen MR) is 104 cm³/mol. The fourth-order valence-corrected chi connectivity index (χ4v) is 2.80. The van der Waals surface area contributed by atoms with Crippen LogP contribution < -0.4 is 14.8 Å². The van der Waals surface area contributed by atoms with E-state index in [9.17, 15) is 4.39 Å². The van der Waals surface area contributed by atoms with Gasteiger partial charge < -0.3 is 14.8 Å². The zero-order chi connectivity index (χ0) is 18.6. The molecule has 0 unspecified atom stereocenters. The van der Waals surface area contributed by atoms with E-state index >= 15 is 0 Å². The SMILES string of the molecule is CCCCCCNCc1cccc(OCC)c1OCc1ccccc1F. The highest BCUT2D eigenvalue weighted by atomic mass is 19.1. The molecule has 0 aliphatic heterocycles. The predicted octanol–water partition coefficient (Wildman–Crippen LogP) is 5.47. The van der Waals surface area contributed by atoms with E-state index in [4.69, 9.17) is 9.47 Å². The van der Waals surface area contributed by atoms with Crippen molar-refractivity contribution < 1.29 is 13.9 Å². The molecule has 0 amide bonds. The minimum Gasteiger partial charge on any atom is -0.490 e. The highest BCUT2D eigenvalue weighted by Gasteiger charge is 2.12. The molecule has 0 radical (unpaired) electrons. The van der Waals surface area contributed by atoms with Crippen molar-refractivity contribution in [1.82, 2.24) is 5.32 Å². The number of benzene rings is 2. The van der Waals surface area contributed by atoms with Gasteiger partial charge in [-0.3, -0.25) is 0 Å². The van der Waals surface area contributed by atoms with Crippen molar-refractivity contribution in [3.8, 4) is 11.5 Å². The minimum atomic E-state index is -0.253.